The number of hydrogen-bond acceptors (Lipinski definition) is 3. The summed E-state index contributed by atoms with van der Waals surface area (Å²) in [5, 5.41) is 1.09. The van der Waals surface area contributed by atoms with Gasteiger partial charge in [-0.2, -0.15) is 0 Å². The van der Waals surface area contributed by atoms with Crippen LogP contribution in [-0.2, 0) is 4.79 Å². The second-order valence-electron chi connectivity index (χ2n) is 4.52. The molecule has 0 saturated carbocycles. The van der Waals surface area contributed by atoms with E-state index >= 15 is 0 Å². The molecule has 1 fully saturated rings. The smallest absolute Gasteiger partial charge is 0.264 e. The van der Waals surface area contributed by atoms with E-state index in [1.807, 2.05) is 30.3 Å². The van der Waals surface area contributed by atoms with Crippen LogP contribution in [0.1, 0.15) is 22.5 Å². The Morgan fingerprint density at radius 1 is 1.28 bits per heavy atom. The summed E-state index contributed by atoms with van der Waals surface area (Å²) in [6, 6.07) is 9.87. The summed E-state index contributed by atoms with van der Waals surface area (Å²) in [5.41, 5.74) is 0. The second kappa shape index (κ2) is 4.53. The van der Waals surface area contributed by atoms with Crippen molar-refractivity contribution in [2.24, 2.45) is 0 Å². The first kappa shape index (κ1) is 11.4. The standard InChI is InChI=1S/C14H13NO2S/c16-11-5-3-7-15(9-11)14(17)13-8-10-4-1-2-6-12(10)18-13/h1-2,4,6,8H,3,5,7,9H2. The first-order valence-corrected chi connectivity index (χ1v) is 6.85. The average Bonchev–Trinajstić information content (AvgIpc) is 2.81. The molecule has 3 nitrogen and oxygen atoms in total. The second-order valence-corrected chi connectivity index (χ2v) is 5.60. The molecule has 2 heterocycles. The Hall–Kier alpha value is -1.68. The van der Waals surface area contributed by atoms with Crippen molar-refractivity contribution in [3.05, 3.63) is 35.2 Å². The minimum Gasteiger partial charge on any atom is -0.331 e. The Morgan fingerprint density at radius 2 is 2.11 bits per heavy atom. The van der Waals surface area contributed by atoms with Crippen LogP contribution >= 0.6 is 11.3 Å². The predicted molar refractivity (Wildman–Crippen MR) is 72.0 cm³/mol. The monoisotopic (exact) mass is 259 g/mol. The number of carbonyl (C=O) groups excluding carboxylic acids is 2. The summed E-state index contributed by atoms with van der Waals surface area (Å²) in [6.07, 6.45) is 1.39. The molecule has 1 aromatic carbocycles. The summed E-state index contributed by atoms with van der Waals surface area (Å²) in [6.45, 7) is 0.964. The van der Waals surface area contributed by atoms with Crippen LogP contribution in [0, 0.1) is 0 Å². The van der Waals surface area contributed by atoms with E-state index in [1.54, 1.807) is 4.90 Å². The minimum absolute atomic E-state index is 0.00995. The maximum absolute atomic E-state index is 12.3. The zero-order valence-corrected chi connectivity index (χ0v) is 10.7. The number of fused-ring (bicyclic) bond motifs is 1. The van der Waals surface area contributed by atoms with Crippen molar-refractivity contribution in [1.82, 2.24) is 4.90 Å². The molecule has 1 aliphatic heterocycles. The summed E-state index contributed by atoms with van der Waals surface area (Å²) in [4.78, 5) is 26.1. The largest absolute Gasteiger partial charge is 0.331 e. The van der Waals surface area contributed by atoms with E-state index in [9.17, 15) is 9.59 Å². The number of hydrogen-bond donors (Lipinski definition) is 0. The van der Waals surface area contributed by atoms with Gasteiger partial charge in [-0.1, -0.05) is 18.2 Å². The van der Waals surface area contributed by atoms with Crippen LogP contribution in [0.5, 0.6) is 0 Å². The third-order valence-electron chi connectivity index (χ3n) is 3.17. The Labute approximate surface area is 109 Å². The highest BCUT2D eigenvalue weighted by Crippen LogP contribution is 2.26. The van der Waals surface area contributed by atoms with Crippen molar-refractivity contribution in [1.29, 1.82) is 0 Å². The van der Waals surface area contributed by atoms with Crippen molar-refractivity contribution < 1.29 is 9.59 Å². The third-order valence-corrected chi connectivity index (χ3v) is 4.28. The molecule has 1 aliphatic rings. The SMILES string of the molecule is O=C1CCCN(C(=O)c2cc3ccccc3s2)C1. The number of ketones is 1. The number of carbonyl (C=O) groups is 2. The Balaban J connectivity index is 1.89. The molecule has 0 bridgehead atoms. The molecule has 1 aromatic heterocycles. The van der Waals surface area contributed by atoms with E-state index in [-0.39, 0.29) is 18.2 Å². The number of piperidine rings is 1. The fourth-order valence-electron chi connectivity index (χ4n) is 2.25. The quantitative estimate of drug-likeness (QED) is 0.789. The van der Waals surface area contributed by atoms with E-state index in [4.69, 9.17) is 0 Å². The summed E-state index contributed by atoms with van der Waals surface area (Å²) >= 11 is 1.50. The van der Waals surface area contributed by atoms with E-state index in [0.29, 0.717) is 13.0 Å². The molecule has 1 amide bonds. The molecule has 0 spiro atoms. The molecule has 0 N–H and O–H groups in total. The van der Waals surface area contributed by atoms with Crippen molar-refractivity contribution in [2.75, 3.05) is 13.1 Å². The molecule has 3 rings (SSSR count). The summed E-state index contributed by atoms with van der Waals surface area (Å²) < 4.78 is 1.11. The lowest BCUT2D eigenvalue weighted by molar-refractivity contribution is -0.121. The lowest BCUT2D eigenvalue weighted by Gasteiger charge is -2.25. The molecular weight excluding hydrogens is 246 g/mol. The van der Waals surface area contributed by atoms with E-state index in [2.05, 4.69) is 0 Å². The number of likely N-dealkylation sites (tertiary alicyclic amines) is 1. The van der Waals surface area contributed by atoms with Crippen molar-refractivity contribution in [2.45, 2.75) is 12.8 Å². The first-order valence-electron chi connectivity index (χ1n) is 6.03. The van der Waals surface area contributed by atoms with Crippen LogP contribution in [0.15, 0.2) is 30.3 Å². The van der Waals surface area contributed by atoms with Gasteiger partial charge < -0.3 is 4.90 Å². The Kier molecular flexibility index (Phi) is 2.88. The zero-order chi connectivity index (χ0) is 12.5. The molecule has 0 aliphatic carbocycles. The number of amides is 1. The Bertz CT molecular complexity index is 584. The molecule has 1 saturated heterocycles. The number of Topliss-reactive ketones (excluding diaryl/α,β-unsaturated/α-hetero) is 1. The van der Waals surface area contributed by atoms with Gasteiger partial charge in [-0.25, -0.2) is 0 Å². The lowest BCUT2D eigenvalue weighted by Crippen LogP contribution is -2.39. The van der Waals surface area contributed by atoms with Gasteiger partial charge in [0.15, 0.2) is 5.78 Å². The maximum Gasteiger partial charge on any atom is 0.264 e. The van der Waals surface area contributed by atoms with Gasteiger partial charge in [-0.05, 0) is 23.9 Å². The summed E-state index contributed by atoms with van der Waals surface area (Å²) in [5.74, 6) is 0.153. The fourth-order valence-corrected chi connectivity index (χ4v) is 3.29. The van der Waals surface area contributed by atoms with E-state index < -0.39 is 0 Å². The van der Waals surface area contributed by atoms with Gasteiger partial charge in [0.2, 0.25) is 0 Å². The highest BCUT2D eigenvalue weighted by molar-refractivity contribution is 7.20. The van der Waals surface area contributed by atoms with Gasteiger partial charge in [-0.15, -0.1) is 11.3 Å². The van der Waals surface area contributed by atoms with Gasteiger partial charge >= 0.3 is 0 Å². The van der Waals surface area contributed by atoms with E-state index in [1.165, 1.54) is 11.3 Å². The lowest BCUT2D eigenvalue weighted by atomic mass is 10.1. The molecule has 92 valence electrons. The topological polar surface area (TPSA) is 37.4 Å². The normalized spacial score (nSPS) is 16.2. The van der Waals surface area contributed by atoms with Crippen LogP contribution in [-0.4, -0.2) is 29.7 Å². The average molecular weight is 259 g/mol. The van der Waals surface area contributed by atoms with E-state index in [0.717, 1.165) is 21.4 Å². The number of thiophene rings is 1. The Morgan fingerprint density at radius 3 is 2.89 bits per heavy atom. The molecule has 0 unspecified atom stereocenters. The fraction of sp³-hybridized carbons (Fsp3) is 0.286. The maximum atomic E-state index is 12.3. The number of nitrogens with zero attached hydrogens (tertiary/aromatic N) is 1. The van der Waals surface area contributed by atoms with Gasteiger partial charge in [0.05, 0.1) is 11.4 Å². The molecule has 4 heteroatoms. The predicted octanol–water partition coefficient (Wildman–Crippen LogP) is 2.71. The number of benzene rings is 1. The van der Waals surface area contributed by atoms with Gasteiger partial charge in [0, 0.05) is 17.7 Å². The molecular formula is C14H13NO2S. The molecule has 18 heavy (non-hydrogen) atoms. The van der Waals surface area contributed by atoms with Crippen LogP contribution in [0.2, 0.25) is 0 Å². The van der Waals surface area contributed by atoms with Crippen molar-refractivity contribution in [3.63, 3.8) is 0 Å². The van der Waals surface area contributed by atoms with Crippen molar-refractivity contribution >= 4 is 33.1 Å². The first-order chi connectivity index (χ1) is 8.74. The highest BCUT2D eigenvalue weighted by Gasteiger charge is 2.23. The molecule has 2 aromatic rings. The third kappa shape index (κ3) is 2.04. The van der Waals surface area contributed by atoms with Gasteiger partial charge in [-0.3, -0.25) is 9.59 Å². The van der Waals surface area contributed by atoms with Gasteiger partial charge in [0.1, 0.15) is 0 Å². The minimum atomic E-state index is -0.00995. The van der Waals surface area contributed by atoms with Crippen molar-refractivity contribution in [3.8, 4) is 0 Å². The van der Waals surface area contributed by atoms with Crippen LogP contribution in [0.3, 0.4) is 0 Å². The van der Waals surface area contributed by atoms with Crippen LogP contribution < -0.4 is 0 Å². The van der Waals surface area contributed by atoms with Gasteiger partial charge in [0.25, 0.3) is 5.91 Å². The van der Waals surface area contributed by atoms with Crippen LogP contribution in [0.25, 0.3) is 10.1 Å². The summed E-state index contributed by atoms with van der Waals surface area (Å²) in [7, 11) is 0. The van der Waals surface area contributed by atoms with Crippen LogP contribution in [0.4, 0.5) is 0 Å². The molecule has 0 atom stereocenters. The zero-order valence-electron chi connectivity index (χ0n) is 9.89. The molecule has 0 radical (unpaired) electrons. The number of rotatable bonds is 1. The highest BCUT2D eigenvalue weighted by atomic mass is 32.1.